The number of carbonyl (C=O) groups excluding carboxylic acids is 3. The highest BCUT2D eigenvalue weighted by Crippen LogP contribution is 2.36. The Morgan fingerprint density at radius 3 is 2.41 bits per heavy atom. The van der Waals surface area contributed by atoms with Gasteiger partial charge in [0.25, 0.3) is 0 Å². The summed E-state index contributed by atoms with van der Waals surface area (Å²) in [6, 6.07) is -0.116. The molecule has 2 fully saturated rings. The molecular weight excluding hydrogens is 530 g/mol. The van der Waals surface area contributed by atoms with E-state index in [2.05, 4.69) is 18.3 Å². The number of carbonyl (C=O) groups is 3. The number of hydrogen-bond donors (Lipinski definition) is 1. The largest absolute Gasteiger partial charge is 0.469 e. The molecule has 4 unspecified atom stereocenters. The summed E-state index contributed by atoms with van der Waals surface area (Å²) >= 11 is 0. The van der Waals surface area contributed by atoms with Gasteiger partial charge in [-0.2, -0.15) is 0 Å². The van der Waals surface area contributed by atoms with Crippen LogP contribution in [0.1, 0.15) is 67.2 Å². The van der Waals surface area contributed by atoms with Crippen LogP contribution in [0.2, 0.25) is 0 Å². The minimum Gasteiger partial charge on any atom is -0.469 e. The molecule has 10 nitrogen and oxygen atoms in total. The van der Waals surface area contributed by atoms with Gasteiger partial charge in [0.15, 0.2) is 0 Å². The van der Waals surface area contributed by atoms with Gasteiger partial charge in [0.05, 0.1) is 43.5 Å². The Morgan fingerprint density at radius 1 is 1.10 bits per heavy atom. The number of methoxy groups -OCH3 is 3. The Morgan fingerprint density at radius 2 is 1.80 bits per heavy atom. The van der Waals surface area contributed by atoms with E-state index < -0.39 is 23.8 Å². The van der Waals surface area contributed by atoms with Crippen LogP contribution in [0.4, 0.5) is 0 Å². The molecule has 232 valence electrons. The molecular formula is C31H49NO9. The second-order valence-corrected chi connectivity index (χ2v) is 11.3. The molecule has 2 heterocycles. The zero-order valence-corrected chi connectivity index (χ0v) is 26.0. The van der Waals surface area contributed by atoms with E-state index in [1.807, 2.05) is 32.9 Å². The summed E-state index contributed by atoms with van der Waals surface area (Å²) in [5.41, 5.74) is 0.422. The minimum atomic E-state index is -0.623. The summed E-state index contributed by atoms with van der Waals surface area (Å²) in [5, 5.41) is 3.01. The number of allylic oxidation sites excluding steroid dienone is 2. The third-order valence-electron chi connectivity index (χ3n) is 7.86. The number of amides is 1. The maximum Gasteiger partial charge on any atom is 0.308 e. The number of esters is 2. The van der Waals surface area contributed by atoms with E-state index >= 15 is 0 Å². The average molecular weight is 580 g/mol. The van der Waals surface area contributed by atoms with Crippen LogP contribution in [-0.4, -0.2) is 87.4 Å². The van der Waals surface area contributed by atoms with Gasteiger partial charge in [-0.1, -0.05) is 30.7 Å². The van der Waals surface area contributed by atoms with Crippen LogP contribution in [0.3, 0.4) is 0 Å². The summed E-state index contributed by atoms with van der Waals surface area (Å²) < 4.78 is 33.9. The molecule has 1 N–H and O–H groups in total. The lowest BCUT2D eigenvalue weighted by molar-refractivity contribution is -0.217. The molecule has 0 bridgehead atoms. The monoisotopic (exact) mass is 579 g/mol. The Labute approximate surface area is 244 Å². The molecule has 2 aliphatic rings. The summed E-state index contributed by atoms with van der Waals surface area (Å²) in [6.07, 6.45) is 9.49. The average Bonchev–Trinajstić information content (AvgIpc) is 2.91. The Kier molecular flexibility index (Phi) is 13.7. The molecule has 2 rings (SSSR count). The first-order chi connectivity index (χ1) is 19.3. The molecule has 0 saturated carbocycles. The van der Waals surface area contributed by atoms with E-state index in [9.17, 15) is 14.4 Å². The van der Waals surface area contributed by atoms with Gasteiger partial charge in [-0.25, -0.2) is 0 Å². The lowest BCUT2D eigenvalue weighted by Crippen LogP contribution is -2.57. The standard InChI is InChI=1S/C31H49NO9/c1-19(11-14-27-30(37-8)31(6,38-9)18-24(41-27)17-29(35)36-7)10-13-26-20(2)16-25(22(4)40-26)32-28(34)15-12-21(3)39-23(5)33/h10-12,14-15,20-22,24-27,30H,13,16-18H2,1-9H3,(H,32,34)/b14-11+,15-12-,19-10+/t20-,21?,22?,24+,25?,26-,27+,30+,31?/m0/s1. The number of nitrogens with one attached hydrogen (secondary N) is 1. The smallest absolute Gasteiger partial charge is 0.308 e. The van der Waals surface area contributed by atoms with Crippen molar-refractivity contribution in [3.05, 3.63) is 36.0 Å². The van der Waals surface area contributed by atoms with E-state index in [-0.39, 0.29) is 54.7 Å². The van der Waals surface area contributed by atoms with Crippen molar-refractivity contribution in [1.82, 2.24) is 5.32 Å². The van der Waals surface area contributed by atoms with E-state index in [1.54, 1.807) is 27.2 Å². The van der Waals surface area contributed by atoms with E-state index in [1.165, 1.54) is 20.1 Å². The van der Waals surface area contributed by atoms with Crippen LogP contribution in [0.5, 0.6) is 0 Å². The third-order valence-corrected chi connectivity index (χ3v) is 7.86. The molecule has 2 saturated heterocycles. The van der Waals surface area contributed by atoms with Crippen molar-refractivity contribution < 1.29 is 42.8 Å². The van der Waals surface area contributed by atoms with Crippen molar-refractivity contribution >= 4 is 17.8 Å². The van der Waals surface area contributed by atoms with Gasteiger partial charge in [0.1, 0.15) is 18.3 Å². The predicted octanol–water partition coefficient (Wildman–Crippen LogP) is 3.83. The van der Waals surface area contributed by atoms with Gasteiger partial charge in [0, 0.05) is 33.6 Å². The van der Waals surface area contributed by atoms with Crippen LogP contribution >= 0.6 is 0 Å². The van der Waals surface area contributed by atoms with Crippen molar-refractivity contribution in [2.45, 2.75) is 115 Å². The van der Waals surface area contributed by atoms with Crippen LogP contribution in [0.15, 0.2) is 36.0 Å². The lowest BCUT2D eigenvalue weighted by Gasteiger charge is -2.46. The Bertz CT molecular complexity index is 977. The maximum absolute atomic E-state index is 12.4. The minimum absolute atomic E-state index is 0.0138. The normalized spacial score (nSPS) is 33.5. The fourth-order valence-electron chi connectivity index (χ4n) is 5.46. The van der Waals surface area contributed by atoms with Gasteiger partial charge in [0.2, 0.25) is 5.91 Å². The van der Waals surface area contributed by atoms with Gasteiger partial charge in [-0.3, -0.25) is 14.4 Å². The highest BCUT2D eigenvalue weighted by molar-refractivity contribution is 5.87. The molecule has 1 amide bonds. The van der Waals surface area contributed by atoms with E-state index in [0.717, 1.165) is 18.4 Å². The first-order valence-electron chi connectivity index (χ1n) is 14.3. The second kappa shape index (κ2) is 16.2. The first-order valence-corrected chi connectivity index (χ1v) is 14.3. The maximum atomic E-state index is 12.4. The van der Waals surface area contributed by atoms with Gasteiger partial charge in [-0.05, 0) is 52.5 Å². The molecule has 0 aromatic carbocycles. The fraction of sp³-hybridized carbons (Fsp3) is 0.710. The summed E-state index contributed by atoms with van der Waals surface area (Å²) in [5.74, 6) is -0.731. The summed E-state index contributed by atoms with van der Waals surface area (Å²) in [7, 11) is 4.64. The van der Waals surface area contributed by atoms with Crippen molar-refractivity contribution in [3.8, 4) is 0 Å². The second-order valence-electron chi connectivity index (χ2n) is 11.3. The molecule has 0 spiro atoms. The van der Waals surface area contributed by atoms with Crippen LogP contribution in [0.25, 0.3) is 0 Å². The molecule has 2 aliphatic heterocycles. The summed E-state index contributed by atoms with van der Waals surface area (Å²) in [4.78, 5) is 35.3. The van der Waals surface area contributed by atoms with Crippen LogP contribution in [0, 0.1) is 5.92 Å². The number of rotatable bonds is 12. The first kappa shape index (κ1) is 34.7. The predicted molar refractivity (Wildman–Crippen MR) is 154 cm³/mol. The van der Waals surface area contributed by atoms with Crippen molar-refractivity contribution in [1.29, 1.82) is 0 Å². The molecule has 0 aromatic rings. The highest BCUT2D eigenvalue weighted by Gasteiger charge is 2.47. The van der Waals surface area contributed by atoms with Gasteiger partial charge >= 0.3 is 11.9 Å². The molecule has 9 atom stereocenters. The number of ether oxygens (including phenoxy) is 6. The Hall–Kier alpha value is -2.53. The molecule has 10 heteroatoms. The quantitative estimate of drug-likeness (QED) is 0.209. The van der Waals surface area contributed by atoms with Gasteiger partial charge < -0.3 is 33.7 Å². The van der Waals surface area contributed by atoms with Crippen LogP contribution < -0.4 is 5.32 Å². The molecule has 0 aromatic heterocycles. The molecule has 41 heavy (non-hydrogen) atoms. The SMILES string of the molecule is COC(=O)C[C@@H]1CC(C)(OC)[C@H](OC)[C@@H](/C=C/C(C)=C/C[C@@H]2OC(C)C(NC(=O)/C=C\C(C)OC(C)=O)C[C@@H]2C)O1. The van der Waals surface area contributed by atoms with E-state index in [4.69, 9.17) is 28.4 Å². The number of hydrogen-bond acceptors (Lipinski definition) is 9. The zero-order chi connectivity index (χ0) is 30.7. The molecule has 0 radical (unpaired) electrons. The topological polar surface area (TPSA) is 119 Å². The van der Waals surface area contributed by atoms with Crippen molar-refractivity contribution in [2.75, 3.05) is 21.3 Å². The lowest BCUT2D eigenvalue weighted by atomic mass is 9.84. The zero-order valence-electron chi connectivity index (χ0n) is 26.0. The highest BCUT2D eigenvalue weighted by atomic mass is 16.6. The Balaban J connectivity index is 1.97. The van der Waals surface area contributed by atoms with Gasteiger partial charge in [-0.15, -0.1) is 0 Å². The van der Waals surface area contributed by atoms with Crippen molar-refractivity contribution in [3.63, 3.8) is 0 Å². The third kappa shape index (κ3) is 10.7. The summed E-state index contributed by atoms with van der Waals surface area (Å²) in [6.45, 7) is 11.1. The van der Waals surface area contributed by atoms with E-state index in [0.29, 0.717) is 6.42 Å². The molecule has 0 aliphatic carbocycles. The van der Waals surface area contributed by atoms with Crippen LogP contribution in [-0.2, 0) is 42.8 Å². The van der Waals surface area contributed by atoms with Crippen molar-refractivity contribution in [2.24, 2.45) is 5.92 Å². The fourth-order valence-corrected chi connectivity index (χ4v) is 5.46.